The number of esters is 1. The summed E-state index contributed by atoms with van der Waals surface area (Å²) in [6.45, 7) is 15.2. The van der Waals surface area contributed by atoms with Crippen molar-refractivity contribution in [1.82, 2.24) is 9.88 Å². The van der Waals surface area contributed by atoms with Gasteiger partial charge in [0.25, 0.3) is 5.91 Å². The number of hydrogen-bond acceptors (Lipinski definition) is 5. The van der Waals surface area contributed by atoms with E-state index in [1.165, 1.54) is 12.1 Å². The Morgan fingerprint density at radius 1 is 1.02 bits per heavy atom. The first kappa shape index (κ1) is 36.2. The van der Waals surface area contributed by atoms with Crippen molar-refractivity contribution < 1.29 is 28.9 Å². The van der Waals surface area contributed by atoms with E-state index in [0.29, 0.717) is 28.1 Å². The molecular formula is C38H47FN2O5. The van der Waals surface area contributed by atoms with Crippen molar-refractivity contribution in [3.05, 3.63) is 108 Å². The Bertz CT molecular complexity index is 1550. The van der Waals surface area contributed by atoms with Gasteiger partial charge in [-0.15, -0.1) is 0 Å². The Balaban J connectivity index is 2.15. The van der Waals surface area contributed by atoms with Crippen molar-refractivity contribution in [2.24, 2.45) is 0 Å². The highest BCUT2D eigenvalue weighted by Crippen LogP contribution is 2.42. The average molecular weight is 631 g/mol. The molecule has 3 N–H and O–H groups in total. The minimum absolute atomic E-state index is 0.0264. The zero-order valence-corrected chi connectivity index (χ0v) is 27.7. The molecular weight excluding hydrogens is 583 g/mol. The summed E-state index contributed by atoms with van der Waals surface area (Å²) in [4.78, 5) is 26.5. The van der Waals surface area contributed by atoms with E-state index in [1.54, 1.807) is 51.1 Å². The number of aromatic nitrogens is 1. The van der Waals surface area contributed by atoms with Gasteiger partial charge in [-0.25, -0.2) is 4.39 Å². The Kier molecular flexibility index (Phi) is 12.9. The topological polar surface area (TPSA) is 101 Å². The molecule has 2 atom stereocenters. The molecule has 0 saturated heterocycles. The van der Waals surface area contributed by atoms with Gasteiger partial charge >= 0.3 is 5.97 Å². The molecule has 0 fully saturated rings. The molecule has 46 heavy (non-hydrogen) atoms. The second-order valence-electron chi connectivity index (χ2n) is 12.6. The van der Waals surface area contributed by atoms with Gasteiger partial charge in [-0.05, 0) is 94.0 Å². The van der Waals surface area contributed by atoms with E-state index in [-0.39, 0.29) is 43.4 Å². The van der Waals surface area contributed by atoms with Crippen LogP contribution in [0.25, 0.3) is 22.4 Å². The molecule has 2 aromatic carbocycles. The molecule has 3 aromatic rings. The summed E-state index contributed by atoms with van der Waals surface area (Å²) < 4.78 is 21.5. The normalized spacial score (nSPS) is 13.6. The van der Waals surface area contributed by atoms with Crippen LogP contribution in [0, 0.1) is 5.82 Å². The highest BCUT2D eigenvalue weighted by Gasteiger charge is 2.31. The van der Waals surface area contributed by atoms with Crippen LogP contribution >= 0.6 is 0 Å². The summed E-state index contributed by atoms with van der Waals surface area (Å²) in [6, 6.07) is 15.7. The number of rotatable bonds is 14. The molecule has 1 amide bonds. The Labute approximate surface area is 272 Å². The first-order chi connectivity index (χ1) is 21.7. The summed E-state index contributed by atoms with van der Waals surface area (Å²) in [5.74, 6) is -1.36. The molecule has 0 aliphatic rings. The maximum atomic E-state index is 14.2. The third-order valence-corrected chi connectivity index (χ3v) is 7.21. The van der Waals surface area contributed by atoms with Crippen molar-refractivity contribution in [2.45, 2.75) is 91.1 Å². The third-order valence-electron chi connectivity index (χ3n) is 7.21. The lowest BCUT2D eigenvalue weighted by Gasteiger charge is -2.22. The molecule has 0 bridgehead atoms. The summed E-state index contributed by atoms with van der Waals surface area (Å²) >= 11 is 0. The fourth-order valence-electron chi connectivity index (χ4n) is 5.50. The van der Waals surface area contributed by atoms with Crippen molar-refractivity contribution in [3.8, 4) is 22.4 Å². The van der Waals surface area contributed by atoms with E-state index < -0.39 is 23.8 Å². The molecule has 0 unspecified atom stereocenters. The molecule has 0 spiro atoms. The molecule has 1 heterocycles. The predicted octanol–water partition coefficient (Wildman–Crippen LogP) is 7.69. The van der Waals surface area contributed by atoms with Gasteiger partial charge in [0.15, 0.2) is 0 Å². The smallest absolute Gasteiger partial charge is 0.308 e. The highest BCUT2D eigenvalue weighted by atomic mass is 19.1. The molecule has 1 aromatic heterocycles. The van der Waals surface area contributed by atoms with Gasteiger partial charge < -0.3 is 24.8 Å². The van der Waals surface area contributed by atoms with Gasteiger partial charge in [-0.2, -0.15) is 0 Å². The number of halogens is 1. The average Bonchev–Trinajstić information content (AvgIpc) is 3.31. The number of carbonyl (C=O) groups is 2. The molecule has 0 radical (unpaired) electrons. The number of aliphatic hydroxyl groups is 2. The SMILES string of the molecule is C=C/C=C(\C=C/C)NC(=O)c1c(-c2ccccc2)c(-c2ccc(F)cc2)n(CC[C@@H](O)C[C@@H](O)CC(=O)OC(C)(C)C)c1C(C)C. The largest absolute Gasteiger partial charge is 0.460 e. The van der Waals surface area contributed by atoms with E-state index in [0.717, 1.165) is 11.3 Å². The summed E-state index contributed by atoms with van der Waals surface area (Å²) in [6.07, 6.45) is 4.86. The van der Waals surface area contributed by atoms with Gasteiger partial charge in [0.05, 0.1) is 29.9 Å². The van der Waals surface area contributed by atoms with Crippen molar-refractivity contribution in [3.63, 3.8) is 0 Å². The number of carbonyl (C=O) groups excluding carboxylic acids is 2. The first-order valence-corrected chi connectivity index (χ1v) is 15.7. The predicted molar refractivity (Wildman–Crippen MR) is 182 cm³/mol. The van der Waals surface area contributed by atoms with E-state index in [2.05, 4.69) is 11.9 Å². The van der Waals surface area contributed by atoms with Crippen LogP contribution in [-0.2, 0) is 16.1 Å². The Morgan fingerprint density at radius 3 is 2.24 bits per heavy atom. The van der Waals surface area contributed by atoms with Gasteiger partial charge in [-0.3, -0.25) is 9.59 Å². The van der Waals surface area contributed by atoms with Gasteiger partial charge in [0.1, 0.15) is 11.4 Å². The minimum Gasteiger partial charge on any atom is -0.460 e. The number of hydrogen-bond donors (Lipinski definition) is 3. The standard InChI is InChI=1S/C38H47FN2O5/c1-8-13-29(14-9-2)40-37(45)34-33(26-15-11-10-12-16-26)36(27-17-19-28(39)20-18-27)41(35(34)25(3)4)22-21-30(42)23-31(43)24-32(44)46-38(5,6)7/h8-20,25,30-31,42-43H,1,21-24H2,2-7H3,(H,40,45)/b14-9-,29-13+/t30-,31-/m1/s1. The lowest BCUT2D eigenvalue weighted by Crippen LogP contribution is -2.28. The Morgan fingerprint density at radius 2 is 1.67 bits per heavy atom. The van der Waals surface area contributed by atoms with E-state index >= 15 is 0 Å². The zero-order valence-electron chi connectivity index (χ0n) is 27.7. The van der Waals surface area contributed by atoms with Crippen molar-refractivity contribution >= 4 is 11.9 Å². The van der Waals surface area contributed by atoms with Gasteiger partial charge in [0.2, 0.25) is 0 Å². The van der Waals surface area contributed by atoms with Crippen LogP contribution in [0.1, 0.15) is 82.8 Å². The number of allylic oxidation sites excluding steroid dienone is 4. The molecule has 0 aliphatic carbocycles. The second-order valence-corrected chi connectivity index (χ2v) is 12.6. The van der Waals surface area contributed by atoms with Crippen molar-refractivity contribution in [2.75, 3.05) is 0 Å². The Hall–Kier alpha value is -4.27. The van der Waals surface area contributed by atoms with Crippen LogP contribution in [0.2, 0.25) is 0 Å². The number of amides is 1. The van der Waals surface area contributed by atoms with Crippen LogP contribution in [-0.4, -0.2) is 44.5 Å². The fraction of sp³-hybridized carbons (Fsp3) is 0.368. The molecule has 0 saturated carbocycles. The lowest BCUT2D eigenvalue weighted by molar-refractivity contribution is -0.157. The van der Waals surface area contributed by atoms with Crippen LogP contribution < -0.4 is 5.32 Å². The van der Waals surface area contributed by atoms with Crippen molar-refractivity contribution in [1.29, 1.82) is 0 Å². The number of nitrogens with one attached hydrogen (secondary N) is 1. The molecule has 246 valence electrons. The quantitative estimate of drug-likeness (QED) is 0.125. The number of ether oxygens (including phenoxy) is 1. The molecule has 0 aliphatic heterocycles. The molecule has 3 rings (SSSR count). The number of aliphatic hydroxyl groups excluding tert-OH is 2. The first-order valence-electron chi connectivity index (χ1n) is 15.7. The monoisotopic (exact) mass is 630 g/mol. The highest BCUT2D eigenvalue weighted by molar-refractivity contribution is 6.07. The van der Waals surface area contributed by atoms with Crippen LogP contribution in [0.5, 0.6) is 0 Å². The number of benzene rings is 2. The zero-order chi connectivity index (χ0) is 34.0. The van der Waals surface area contributed by atoms with Crippen LogP contribution in [0.4, 0.5) is 4.39 Å². The summed E-state index contributed by atoms with van der Waals surface area (Å²) in [5.41, 5.74) is 4.02. The second kappa shape index (κ2) is 16.3. The minimum atomic E-state index is -1.08. The molecule has 7 nitrogen and oxygen atoms in total. The van der Waals surface area contributed by atoms with Gasteiger partial charge in [-0.1, -0.05) is 62.9 Å². The third kappa shape index (κ3) is 9.86. The number of nitrogens with zero attached hydrogens (tertiary/aromatic N) is 1. The molecule has 8 heteroatoms. The maximum absolute atomic E-state index is 14.2. The van der Waals surface area contributed by atoms with Gasteiger partial charge in [0, 0.05) is 23.5 Å². The lowest BCUT2D eigenvalue weighted by atomic mass is 9.94. The van der Waals surface area contributed by atoms with E-state index in [4.69, 9.17) is 4.74 Å². The van der Waals surface area contributed by atoms with E-state index in [9.17, 15) is 24.2 Å². The van der Waals surface area contributed by atoms with Crippen LogP contribution in [0.3, 0.4) is 0 Å². The fourth-order valence-corrected chi connectivity index (χ4v) is 5.50. The van der Waals surface area contributed by atoms with E-state index in [1.807, 2.05) is 61.7 Å². The van der Waals surface area contributed by atoms with Crippen LogP contribution in [0.15, 0.2) is 91.2 Å². The summed E-state index contributed by atoms with van der Waals surface area (Å²) in [5, 5.41) is 24.6. The summed E-state index contributed by atoms with van der Waals surface area (Å²) in [7, 11) is 0. The maximum Gasteiger partial charge on any atom is 0.308 e.